The van der Waals surface area contributed by atoms with Gasteiger partial charge in [0, 0.05) is 18.0 Å². The second-order valence-corrected chi connectivity index (χ2v) is 3.48. The molecule has 0 radical (unpaired) electrons. The smallest absolute Gasteiger partial charge is 0.159 e. The Morgan fingerprint density at radius 3 is 2.44 bits per heavy atom. The van der Waals surface area contributed by atoms with Crippen LogP contribution in [0.2, 0.25) is 0 Å². The van der Waals surface area contributed by atoms with Crippen molar-refractivity contribution in [2.75, 3.05) is 0 Å². The molecule has 0 N–H and O–H groups in total. The van der Waals surface area contributed by atoms with E-state index in [2.05, 4.69) is 9.97 Å². The normalized spacial score (nSPS) is 10.1. The van der Waals surface area contributed by atoms with E-state index in [4.69, 9.17) is 0 Å². The van der Waals surface area contributed by atoms with E-state index in [0.29, 0.717) is 23.2 Å². The van der Waals surface area contributed by atoms with Crippen molar-refractivity contribution < 1.29 is 9.18 Å². The van der Waals surface area contributed by atoms with Gasteiger partial charge in [0.2, 0.25) is 0 Å². The molecule has 0 amide bonds. The van der Waals surface area contributed by atoms with Gasteiger partial charge in [-0.3, -0.25) is 4.79 Å². The fourth-order valence-corrected chi connectivity index (χ4v) is 1.41. The molecule has 0 spiro atoms. The molecule has 80 valence electrons. The first-order valence-electron chi connectivity index (χ1n) is 4.74. The molecule has 1 heterocycles. The molecule has 0 fully saturated rings. The van der Waals surface area contributed by atoms with Gasteiger partial charge in [-0.05, 0) is 30.7 Å². The van der Waals surface area contributed by atoms with Crippen molar-refractivity contribution in [1.82, 2.24) is 9.97 Å². The number of carbonyl (C=O) groups excluding carboxylic acids is 1. The van der Waals surface area contributed by atoms with E-state index < -0.39 is 0 Å². The van der Waals surface area contributed by atoms with Gasteiger partial charge in [-0.25, -0.2) is 14.4 Å². The predicted molar refractivity (Wildman–Crippen MR) is 57.6 cm³/mol. The average molecular weight is 216 g/mol. The van der Waals surface area contributed by atoms with Crippen LogP contribution >= 0.6 is 0 Å². The monoisotopic (exact) mass is 216 g/mol. The molecule has 0 saturated carbocycles. The van der Waals surface area contributed by atoms with Crippen LogP contribution in [0.15, 0.2) is 30.6 Å². The lowest BCUT2D eigenvalue weighted by Crippen LogP contribution is -1.92. The number of aryl methyl sites for hydroxylation is 1. The maximum atomic E-state index is 13.1. The van der Waals surface area contributed by atoms with E-state index in [1.165, 1.54) is 24.5 Å². The van der Waals surface area contributed by atoms with Crippen LogP contribution in [0.5, 0.6) is 0 Å². The molecule has 2 aromatic rings. The van der Waals surface area contributed by atoms with E-state index in [-0.39, 0.29) is 5.82 Å². The Balaban J connectivity index is 2.45. The lowest BCUT2D eigenvalue weighted by molar-refractivity contribution is 0.112. The molecule has 4 heteroatoms. The van der Waals surface area contributed by atoms with Crippen LogP contribution in [0.4, 0.5) is 4.39 Å². The number of nitrogens with zero attached hydrogens (tertiary/aromatic N) is 2. The summed E-state index contributed by atoms with van der Waals surface area (Å²) in [6, 6.07) is 4.59. The highest BCUT2D eigenvalue weighted by molar-refractivity contribution is 5.73. The quantitative estimate of drug-likeness (QED) is 0.724. The number of aldehydes is 1. The molecule has 2 rings (SSSR count). The lowest BCUT2D eigenvalue weighted by Gasteiger charge is -2.01. The summed E-state index contributed by atoms with van der Waals surface area (Å²) in [5.41, 5.74) is 1.81. The SMILES string of the molecule is Cc1cc(F)cc(-c2ncc(C=O)cn2)c1. The van der Waals surface area contributed by atoms with Crippen LogP contribution in [0.1, 0.15) is 15.9 Å². The third kappa shape index (κ3) is 2.11. The van der Waals surface area contributed by atoms with Gasteiger partial charge in [-0.1, -0.05) is 0 Å². The second-order valence-electron chi connectivity index (χ2n) is 3.48. The Bertz CT molecular complexity index is 503. The Morgan fingerprint density at radius 1 is 1.19 bits per heavy atom. The van der Waals surface area contributed by atoms with E-state index in [1.807, 2.05) is 0 Å². The van der Waals surface area contributed by atoms with Crippen molar-refractivity contribution in [3.8, 4) is 11.4 Å². The first-order chi connectivity index (χ1) is 7.69. The van der Waals surface area contributed by atoms with E-state index in [0.717, 1.165) is 5.56 Å². The van der Waals surface area contributed by atoms with Gasteiger partial charge in [0.25, 0.3) is 0 Å². The number of aromatic nitrogens is 2. The van der Waals surface area contributed by atoms with Gasteiger partial charge in [-0.15, -0.1) is 0 Å². The van der Waals surface area contributed by atoms with Crippen molar-refractivity contribution in [2.45, 2.75) is 6.92 Å². The second kappa shape index (κ2) is 4.18. The maximum Gasteiger partial charge on any atom is 0.159 e. The first-order valence-corrected chi connectivity index (χ1v) is 4.74. The molecule has 3 nitrogen and oxygen atoms in total. The number of rotatable bonds is 2. The summed E-state index contributed by atoms with van der Waals surface area (Å²) in [5.74, 6) is 0.0891. The number of halogens is 1. The van der Waals surface area contributed by atoms with Crippen molar-refractivity contribution in [3.05, 3.63) is 47.5 Å². The van der Waals surface area contributed by atoms with Gasteiger partial charge in [0.15, 0.2) is 12.1 Å². The van der Waals surface area contributed by atoms with E-state index in [1.54, 1.807) is 13.0 Å². The van der Waals surface area contributed by atoms with Crippen LogP contribution < -0.4 is 0 Å². The molecule has 0 atom stereocenters. The number of benzene rings is 1. The molecule has 1 aromatic heterocycles. The minimum Gasteiger partial charge on any atom is -0.298 e. The summed E-state index contributed by atoms with van der Waals surface area (Å²) in [6.07, 6.45) is 3.49. The fourth-order valence-electron chi connectivity index (χ4n) is 1.41. The molecule has 0 aliphatic heterocycles. The zero-order chi connectivity index (χ0) is 11.5. The highest BCUT2D eigenvalue weighted by atomic mass is 19.1. The minimum absolute atomic E-state index is 0.321. The average Bonchev–Trinajstić information content (AvgIpc) is 2.28. The van der Waals surface area contributed by atoms with Crippen molar-refractivity contribution in [3.63, 3.8) is 0 Å². The van der Waals surface area contributed by atoms with Gasteiger partial charge >= 0.3 is 0 Å². The topological polar surface area (TPSA) is 42.9 Å². The van der Waals surface area contributed by atoms with Gasteiger partial charge in [-0.2, -0.15) is 0 Å². The molecule has 0 unspecified atom stereocenters. The van der Waals surface area contributed by atoms with Gasteiger partial charge in [0.05, 0.1) is 5.56 Å². The fraction of sp³-hybridized carbons (Fsp3) is 0.0833. The first kappa shape index (κ1) is 10.4. The van der Waals surface area contributed by atoms with Crippen molar-refractivity contribution >= 4 is 6.29 Å². The third-order valence-corrected chi connectivity index (χ3v) is 2.11. The van der Waals surface area contributed by atoms with E-state index in [9.17, 15) is 9.18 Å². The molecule has 1 aromatic carbocycles. The van der Waals surface area contributed by atoms with Crippen LogP contribution in [0.3, 0.4) is 0 Å². The summed E-state index contributed by atoms with van der Waals surface area (Å²) in [6.45, 7) is 1.80. The largest absolute Gasteiger partial charge is 0.298 e. The highest BCUT2D eigenvalue weighted by Gasteiger charge is 2.04. The summed E-state index contributed by atoms with van der Waals surface area (Å²) < 4.78 is 13.1. The molecule has 0 bridgehead atoms. The minimum atomic E-state index is -0.321. The Labute approximate surface area is 92.0 Å². The summed E-state index contributed by atoms with van der Waals surface area (Å²) >= 11 is 0. The van der Waals surface area contributed by atoms with Crippen molar-refractivity contribution in [1.29, 1.82) is 0 Å². The molecule has 0 aliphatic carbocycles. The van der Waals surface area contributed by atoms with Gasteiger partial charge in [0.1, 0.15) is 5.82 Å². The molecular formula is C12H9FN2O. The van der Waals surface area contributed by atoms with Crippen LogP contribution in [0.25, 0.3) is 11.4 Å². The molecule has 0 aliphatic rings. The number of hydrogen-bond acceptors (Lipinski definition) is 3. The number of carbonyl (C=O) groups is 1. The molecular weight excluding hydrogens is 207 g/mol. The highest BCUT2D eigenvalue weighted by Crippen LogP contribution is 2.17. The van der Waals surface area contributed by atoms with Crippen molar-refractivity contribution in [2.24, 2.45) is 0 Å². The third-order valence-electron chi connectivity index (χ3n) is 2.11. The molecule has 16 heavy (non-hydrogen) atoms. The van der Waals surface area contributed by atoms with E-state index >= 15 is 0 Å². The zero-order valence-corrected chi connectivity index (χ0v) is 8.64. The Kier molecular flexibility index (Phi) is 2.72. The lowest BCUT2D eigenvalue weighted by atomic mass is 10.1. The van der Waals surface area contributed by atoms with Gasteiger partial charge < -0.3 is 0 Å². The summed E-state index contributed by atoms with van der Waals surface area (Å²) in [5, 5.41) is 0. The zero-order valence-electron chi connectivity index (χ0n) is 8.64. The summed E-state index contributed by atoms with van der Waals surface area (Å²) in [4.78, 5) is 18.4. The molecule has 0 saturated heterocycles. The van der Waals surface area contributed by atoms with Crippen LogP contribution in [-0.4, -0.2) is 16.3 Å². The maximum absolute atomic E-state index is 13.1. The standard InChI is InChI=1S/C12H9FN2O/c1-8-2-10(4-11(13)3-8)12-14-5-9(7-16)6-15-12/h2-7H,1H3. The number of hydrogen-bond donors (Lipinski definition) is 0. The van der Waals surface area contributed by atoms with Crippen LogP contribution in [0, 0.1) is 12.7 Å². The van der Waals surface area contributed by atoms with Crippen LogP contribution in [-0.2, 0) is 0 Å². The summed E-state index contributed by atoms with van der Waals surface area (Å²) in [7, 11) is 0. The Morgan fingerprint density at radius 2 is 1.88 bits per heavy atom. The Hall–Kier alpha value is -2.10. The predicted octanol–water partition coefficient (Wildman–Crippen LogP) is 2.40.